The Bertz CT molecular complexity index is 304. The largest absolute Gasteiger partial charge is 0.313 e. The summed E-state index contributed by atoms with van der Waals surface area (Å²) in [5.41, 5.74) is 1.34. The van der Waals surface area contributed by atoms with Gasteiger partial charge in [-0.1, -0.05) is 24.1 Å². The van der Waals surface area contributed by atoms with E-state index < -0.39 is 0 Å². The SMILES string of the molecule is CCCNCC(C)=Cc1cc(Cl)cs1. The van der Waals surface area contributed by atoms with Crippen molar-refractivity contribution in [2.45, 2.75) is 20.3 Å². The highest BCUT2D eigenvalue weighted by Crippen LogP contribution is 2.21. The molecule has 78 valence electrons. The molecule has 1 nitrogen and oxygen atoms in total. The predicted molar refractivity (Wildman–Crippen MR) is 66.1 cm³/mol. The summed E-state index contributed by atoms with van der Waals surface area (Å²) in [5.74, 6) is 0. The molecule has 1 N–H and O–H groups in total. The Morgan fingerprint density at radius 2 is 2.43 bits per heavy atom. The van der Waals surface area contributed by atoms with Crippen molar-refractivity contribution >= 4 is 29.0 Å². The van der Waals surface area contributed by atoms with Gasteiger partial charge in [-0.3, -0.25) is 0 Å². The van der Waals surface area contributed by atoms with Crippen molar-refractivity contribution in [3.8, 4) is 0 Å². The van der Waals surface area contributed by atoms with Gasteiger partial charge in [0.05, 0.1) is 5.02 Å². The van der Waals surface area contributed by atoms with Gasteiger partial charge in [-0.15, -0.1) is 11.3 Å². The Labute approximate surface area is 94.8 Å². The minimum absolute atomic E-state index is 0.829. The number of halogens is 1. The molecule has 0 aliphatic rings. The average Bonchev–Trinajstić information content (AvgIpc) is 2.52. The molecule has 0 spiro atoms. The fourth-order valence-electron chi connectivity index (χ4n) is 1.16. The number of rotatable bonds is 5. The van der Waals surface area contributed by atoms with E-state index in [1.807, 2.05) is 11.4 Å². The van der Waals surface area contributed by atoms with E-state index in [0.29, 0.717) is 0 Å². The fourth-order valence-corrected chi connectivity index (χ4v) is 2.26. The molecule has 0 saturated carbocycles. The van der Waals surface area contributed by atoms with Crippen LogP contribution in [0.25, 0.3) is 6.08 Å². The molecule has 0 atom stereocenters. The summed E-state index contributed by atoms with van der Waals surface area (Å²) in [4.78, 5) is 1.23. The minimum Gasteiger partial charge on any atom is -0.313 e. The first-order chi connectivity index (χ1) is 6.72. The lowest BCUT2D eigenvalue weighted by atomic mass is 10.2. The van der Waals surface area contributed by atoms with Gasteiger partial charge in [-0.05, 0) is 32.0 Å². The zero-order valence-electron chi connectivity index (χ0n) is 8.64. The quantitative estimate of drug-likeness (QED) is 0.758. The van der Waals surface area contributed by atoms with Crippen molar-refractivity contribution < 1.29 is 0 Å². The first-order valence-electron chi connectivity index (χ1n) is 4.84. The van der Waals surface area contributed by atoms with Crippen LogP contribution in [-0.4, -0.2) is 13.1 Å². The first-order valence-corrected chi connectivity index (χ1v) is 6.10. The molecule has 0 bridgehead atoms. The Kier molecular flexibility index (Phi) is 5.23. The van der Waals surface area contributed by atoms with E-state index >= 15 is 0 Å². The van der Waals surface area contributed by atoms with Crippen LogP contribution in [0, 0.1) is 0 Å². The smallest absolute Gasteiger partial charge is 0.0519 e. The van der Waals surface area contributed by atoms with E-state index in [2.05, 4.69) is 25.2 Å². The molecule has 0 radical (unpaired) electrons. The second-order valence-electron chi connectivity index (χ2n) is 3.33. The van der Waals surface area contributed by atoms with Crippen LogP contribution in [0.4, 0.5) is 0 Å². The zero-order valence-corrected chi connectivity index (χ0v) is 10.2. The topological polar surface area (TPSA) is 12.0 Å². The van der Waals surface area contributed by atoms with Crippen molar-refractivity contribution in [3.63, 3.8) is 0 Å². The molecular formula is C11H16ClNS. The van der Waals surface area contributed by atoms with Gasteiger partial charge >= 0.3 is 0 Å². The Morgan fingerprint density at radius 1 is 1.64 bits per heavy atom. The molecule has 1 aromatic rings. The Balaban J connectivity index is 2.43. The van der Waals surface area contributed by atoms with Crippen molar-refractivity contribution in [1.82, 2.24) is 5.32 Å². The molecule has 14 heavy (non-hydrogen) atoms. The van der Waals surface area contributed by atoms with Crippen LogP contribution in [-0.2, 0) is 0 Å². The molecule has 0 unspecified atom stereocenters. The van der Waals surface area contributed by atoms with Crippen LogP contribution in [0.5, 0.6) is 0 Å². The maximum absolute atomic E-state index is 5.84. The molecule has 3 heteroatoms. The van der Waals surface area contributed by atoms with Crippen LogP contribution in [0.2, 0.25) is 5.02 Å². The van der Waals surface area contributed by atoms with E-state index in [4.69, 9.17) is 11.6 Å². The number of hydrogen-bond donors (Lipinski definition) is 1. The highest BCUT2D eigenvalue weighted by atomic mass is 35.5. The summed E-state index contributed by atoms with van der Waals surface area (Å²) in [6.07, 6.45) is 3.36. The van der Waals surface area contributed by atoms with Gasteiger partial charge in [0.2, 0.25) is 0 Å². The number of hydrogen-bond acceptors (Lipinski definition) is 2. The highest BCUT2D eigenvalue weighted by Gasteiger charge is 1.95. The summed E-state index contributed by atoms with van der Waals surface area (Å²) in [6, 6.07) is 2.00. The van der Waals surface area contributed by atoms with Gasteiger partial charge in [0.1, 0.15) is 0 Å². The zero-order chi connectivity index (χ0) is 10.4. The third-order valence-corrected chi connectivity index (χ3v) is 3.03. The van der Waals surface area contributed by atoms with Gasteiger partial charge in [-0.25, -0.2) is 0 Å². The molecular weight excluding hydrogens is 214 g/mol. The summed E-state index contributed by atoms with van der Waals surface area (Å²) in [7, 11) is 0. The monoisotopic (exact) mass is 229 g/mol. The molecule has 0 amide bonds. The van der Waals surface area contributed by atoms with Crippen LogP contribution in [0.1, 0.15) is 25.1 Å². The summed E-state index contributed by atoms with van der Waals surface area (Å²) >= 11 is 7.52. The number of thiophene rings is 1. The summed E-state index contributed by atoms with van der Waals surface area (Å²) < 4.78 is 0. The van der Waals surface area contributed by atoms with Crippen LogP contribution >= 0.6 is 22.9 Å². The maximum atomic E-state index is 5.84. The molecule has 0 saturated heterocycles. The molecule has 1 rings (SSSR count). The lowest BCUT2D eigenvalue weighted by molar-refractivity contribution is 0.715. The van der Waals surface area contributed by atoms with E-state index in [1.165, 1.54) is 16.9 Å². The normalized spacial score (nSPS) is 12.1. The molecule has 0 aliphatic heterocycles. The lowest BCUT2D eigenvalue weighted by Crippen LogP contribution is -2.16. The summed E-state index contributed by atoms with van der Waals surface area (Å²) in [6.45, 7) is 6.35. The third kappa shape index (κ3) is 4.27. The summed E-state index contributed by atoms with van der Waals surface area (Å²) in [5, 5.41) is 6.15. The maximum Gasteiger partial charge on any atom is 0.0519 e. The Hall–Kier alpha value is -0.310. The standard InChI is InChI=1S/C11H16ClNS/c1-3-4-13-7-9(2)5-11-6-10(12)8-14-11/h5-6,8,13H,3-4,7H2,1-2H3. The number of nitrogens with one attached hydrogen (secondary N) is 1. The van der Waals surface area contributed by atoms with E-state index in [1.54, 1.807) is 11.3 Å². The average molecular weight is 230 g/mol. The molecule has 1 aromatic heterocycles. The third-order valence-electron chi connectivity index (χ3n) is 1.81. The molecule has 0 aromatic carbocycles. The van der Waals surface area contributed by atoms with Crippen molar-refractivity contribution in [2.75, 3.05) is 13.1 Å². The van der Waals surface area contributed by atoms with E-state index in [-0.39, 0.29) is 0 Å². The second-order valence-corrected chi connectivity index (χ2v) is 4.71. The lowest BCUT2D eigenvalue weighted by Gasteiger charge is -2.01. The molecule has 0 fully saturated rings. The Morgan fingerprint density at radius 3 is 3.00 bits per heavy atom. The van der Waals surface area contributed by atoms with Crippen molar-refractivity contribution in [1.29, 1.82) is 0 Å². The van der Waals surface area contributed by atoms with E-state index in [0.717, 1.165) is 18.1 Å². The van der Waals surface area contributed by atoms with Gasteiger partial charge in [0.25, 0.3) is 0 Å². The van der Waals surface area contributed by atoms with Gasteiger partial charge < -0.3 is 5.32 Å². The first kappa shape index (κ1) is 11.8. The van der Waals surface area contributed by atoms with E-state index in [9.17, 15) is 0 Å². The minimum atomic E-state index is 0.829. The fraction of sp³-hybridized carbons (Fsp3) is 0.455. The second kappa shape index (κ2) is 6.23. The molecule has 1 heterocycles. The van der Waals surface area contributed by atoms with Crippen molar-refractivity contribution in [3.05, 3.63) is 26.9 Å². The predicted octanol–water partition coefficient (Wildman–Crippen LogP) is 3.80. The van der Waals surface area contributed by atoms with Crippen LogP contribution in [0.15, 0.2) is 17.0 Å². The van der Waals surface area contributed by atoms with Gasteiger partial charge in [-0.2, -0.15) is 0 Å². The van der Waals surface area contributed by atoms with Crippen molar-refractivity contribution in [2.24, 2.45) is 0 Å². The van der Waals surface area contributed by atoms with Gasteiger partial charge in [0, 0.05) is 16.8 Å². The molecule has 0 aliphatic carbocycles. The van der Waals surface area contributed by atoms with Gasteiger partial charge in [0.15, 0.2) is 0 Å². The van der Waals surface area contributed by atoms with Crippen LogP contribution in [0.3, 0.4) is 0 Å². The van der Waals surface area contributed by atoms with Crippen LogP contribution < -0.4 is 5.32 Å². The highest BCUT2D eigenvalue weighted by molar-refractivity contribution is 7.11.